The summed E-state index contributed by atoms with van der Waals surface area (Å²) in [6, 6.07) is 14.0. The Bertz CT molecular complexity index is 837. The Morgan fingerprint density at radius 1 is 1.20 bits per heavy atom. The van der Waals surface area contributed by atoms with E-state index in [9.17, 15) is 14.4 Å². The van der Waals surface area contributed by atoms with Crippen molar-refractivity contribution in [1.29, 1.82) is 5.26 Å². The summed E-state index contributed by atoms with van der Waals surface area (Å²) in [6.07, 6.45) is 1.82. The third-order valence-electron chi connectivity index (χ3n) is 3.96. The van der Waals surface area contributed by atoms with Gasteiger partial charge in [0.1, 0.15) is 17.5 Å². The molecule has 0 unspecified atom stereocenters. The van der Waals surface area contributed by atoms with Gasteiger partial charge in [-0.3, -0.25) is 4.79 Å². The second-order valence-corrected chi connectivity index (χ2v) is 5.67. The third kappa shape index (κ3) is 4.92. The summed E-state index contributed by atoms with van der Waals surface area (Å²) < 4.78 is 13.5. The van der Waals surface area contributed by atoms with Crippen molar-refractivity contribution in [2.45, 2.75) is 20.3 Å². The van der Waals surface area contributed by atoms with E-state index < -0.39 is 5.91 Å². The fourth-order valence-electron chi connectivity index (χ4n) is 2.31. The summed E-state index contributed by atoms with van der Waals surface area (Å²) in [5.74, 6) is -0.740. The van der Waals surface area contributed by atoms with E-state index >= 15 is 0 Å². The molecular formula is C20H20FN3O. The highest BCUT2D eigenvalue weighted by Gasteiger charge is 2.11. The van der Waals surface area contributed by atoms with Gasteiger partial charge in [0.15, 0.2) is 0 Å². The zero-order valence-electron chi connectivity index (χ0n) is 14.3. The maximum Gasteiger partial charge on any atom is 0.267 e. The number of rotatable bonds is 6. The van der Waals surface area contributed by atoms with Gasteiger partial charge in [-0.25, -0.2) is 4.39 Å². The van der Waals surface area contributed by atoms with E-state index in [2.05, 4.69) is 10.6 Å². The minimum Gasteiger partial charge on any atom is -0.389 e. The van der Waals surface area contributed by atoms with Crippen LogP contribution in [0.3, 0.4) is 0 Å². The van der Waals surface area contributed by atoms with Crippen molar-refractivity contribution in [3.63, 3.8) is 0 Å². The van der Waals surface area contributed by atoms with Gasteiger partial charge in [-0.15, -0.1) is 0 Å². The van der Waals surface area contributed by atoms with Crippen LogP contribution in [0.2, 0.25) is 0 Å². The van der Waals surface area contributed by atoms with Crippen LogP contribution in [0.4, 0.5) is 10.1 Å². The number of anilines is 1. The first-order valence-electron chi connectivity index (χ1n) is 7.97. The molecule has 0 saturated carbocycles. The number of nitriles is 1. The average Bonchev–Trinajstić information content (AvgIpc) is 2.60. The van der Waals surface area contributed by atoms with Crippen LogP contribution in [0.1, 0.15) is 16.7 Å². The Morgan fingerprint density at radius 2 is 1.96 bits per heavy atom. The molecule has 5 heteroatoms. The largest absolute Gasteiger partial charge is 0.389 e. The zero-order chi connectivity index (χ0) is 18.2. The van der Waals surface area contributed by atoms with Gasteiger partial charge in [-0.2, -0.15) is 5.26 Å². The predicted molar refractivity (Wildman–Crippen MR) is 96.3 cm³/mol. The smallest absolute Gasteiger partial charge is 0.267 e. The maximum absolute atomic E-state index is 13.5. The molecule has 128 valence electrons. The van der Waals surface area contributed by atoms with Crippen molar-refractivity contribution < 1.29 is 9.18 Å². The summed E-state index contributed by atoms with van der Waals surface area (Å²) in [5.41, 5.74) is 3.25. The number of halogens is 1. The highest BCUT2D eigenvalue weighted by molar-refractivity contribution is 6.06. The van der Waals surface area contributed by atoms with Crippen LogP contribution in [-0.4, -0.2) is 12.5 Å². The van der Waals surface area contributed by atoms with Crippen LogP contribution < -0.4 is 10.6 Å². The predicted octanol–water partition coefficient (Wildman–Crippen LogP) is 3.62. The molecule has 2 rings (SSSR count). The molecule has 0 saturated heterocycles. The summed E-state index contributed by atoms with van der Waals surface area (Å²) in [7, 11) is 0. The van der Waals surface area contributed by atoms with Gasteiger partial charge < -0.3 is 10.6 Å². The van der Waals surface area contributed by atoms with Gasteiger partial charge in [0.25, 0.3) is 5.91 Å². The molecule has 4 nitrogen and oxygen atoms in total. The van der Waals surface area contributed by atoms with Crippen molar-refractivity contribution in [2.75, 3.05) is 11.9 Å². The fourth-order valence-corrected chi connectivity index (χ4v) is 2.31. The van der Waals surface area contributed by atoms with Crippen molar-refractivity contribution in [2.24, 2.45) is 0 Å². The Labute approximate surface area is 147 Å². The van der Waals surface area contributed by atoms with E-state index in [4.69, 9.17) is 0 Å². The van der Waals surface area contributed by atoms with E-state index in [1.165, 1.54) is 12.3 Å². The minimum atomic E-state index is -0.477. The summed E-state index contributed by atoms with van der Waals surface area (Å²) >= 11 is 0. The van der Waals surface area contributed by atoms with Gasteiger partial charge in [-0.1, -0.05) is 30.3 Å². The quantitative estimate of drug-likeness (QED) is 0.481. The third-order valence-corrected chi connectivity index (χ3v) is 3.96. The van der Waals surface area contributed by atoms with Crippen molar-refractivity contribution in [1.82, 2.24) is 5.32 Å². The van der Waals surface area contributed by atoms with Crippen LogP contribution in [0, 0.1) is 31.0 Å². The van der Waals surface area contributed by atoms with Gasteiger partial charge in [0.05, 0.1) is 0 Å². The molecule has 0 aliphatic heterocycles. The van der Waals surface area contributed by atoms with E-state index in [0.717, 1.165) is 11.1 Å². The number of aryl methyl sites for hydroxylation is 1. The minimum absolute atomic E-state index is 0.0329. The van der Waals surface area contributed by atoms with Crippen LogP contribution >= 0.6 is 0 Å². The van der Waals surface area contributed by atoms with E-state index in [1.54, 1.807) is 24.3 Å². The lowest BCUT2D eigenvalue weighted by molar-refractivity contribution is -0.112. The van der Waals surface area contributed by atoms with E-state index in [1.807, 2.05) is 32.0 Å². The molecule has 0 heterocycles. The standard InChI is InChI=1S/C20H20FN3O/c1-14-6-5-9-19(15(14)2)24-20(25)17(12-22)13-23-11-10-16-7-3-4-8-18(16)21/h3-9,13,23H,10-11H2,1-2H3,(H,24,25)/b17-13-. The molecule has 0 atom stereocenters. The van der Waals surface area contributed by atoms with Crippen LogP contribution in [0.5, 0.6) is 0 Å². The SMILES string of the molecule is Cc1cccc(NC(=O)/C(C#N)=C\NCCc2ccccc2F)c1C. The number of nitrogens with zero attached hydrogens (tertiary/aromatic N) is 1. The molecule has 2 aromatic carbocycles. The summed E-state index contributed by atoms with van der Waals surface area (Å²) in [4.78, 5) is 12.2. The molecular weight excluding hydrogens is 317 g/mol. The molecule has 0 bridgehead atoms. The average molecular weight is 337 g/mol. The van der Waals surface area contributed by atoms with E-state index in [0.29, 0.717) is 24.2 Å². The molecule has 2 N–H and O–H groups in total. The zero-order valence-corrected chi connectivity index (χ0v) is 14.3. The Morgan fingerprint density at radius 3 is 2.68 bits per heavy atom. The monoisotopic (exact) mass is 337 g/mol. The van der Waals surface area contributed by atoms with Crippen molar-refractivity contribution >= 4 is 11.6 Å². The highest BCUT2D eigenvalue weighted by Crippen LogP contribution is 2.18. The number of amides is 1. The topological polar surface area (TPSA) is 64.9 Å². The second-order valence-electron chi connectivity index (χ2n) is 5.67. The lowest BCUT2D eigenvalue weighted by atomic mass is 10.1. The molecule has 2 aromatic rings. The van der Waals surface area contributed by atoms with Gasteiger partial charge >= 0.3 is 0 Å². The molecule has 0 aliphatic carbocycles. The fraction of sp³-hybridized carbons (Fsp3) is 0.200. The van der Waals surface area contributed by atoms with Gasteiger partial charge in [0.2, 0.25) is 0 Å². The number of carbonyl (C=O) groups is 1. The van der Waals surface area contributed by atoms with Crippen molar-refractivity contribution in [3.8, 4) is 6.07 Å². The molecule has 25 heavy (non-hydrogen) atoms. The Hall–Kier alpha value is -3.13. The molecule has 0 fully saturated rings. The maximum atomic E-state index is 13.5. The van der Waals surface area contributed by atoms with Crippen molar-refractivity contribution in [3.05, 3.63) is 76.7 Å². The number of carbonyl (C=O) groups excluding carboxylic acids is 1. The number of hydrogen-bond acceptors (Lipinski definition) is 3. The molecule has 0 radical (unpaired) electrons. The molecule has 1 amide bonds. The van der Waals surface area contributed by atoms with Gasteiger partial charge in [0, 0.05) is 18.4 Å². The van der Waals surface area contributed by atoms with E-state index in [-0.39, 0.29) is 11.4 Å². The Kier molecular flexibility index (Phi) is 6.30. The second kappa shape index (κ2) is 8.65. The summed E-state index contributed by atoms with van der Waals surface area (Å²) in [5, 5.41) is 14.8. The number of benzene rings is 2. The number of hydrogen-bond donors (Lipinski definition) is 2. The molecule has 0 spiro atoms. The molecule has 0 aromatic heterocycles. The first-order chi connectivity index (χ1) is 12.0. The van der Waals surface area contributed by atoms with Crippen LogP contribution in [-0.2, 0) is 11.2 Å². The van der Waals surface area contributed by atoms with Crippen LogP contribution in [0.15, 0.2) is 54.2 Å². The molecule has 0 aliphatic rings. The normalized spacial score (nSPS) is 10.9. The highest BCUT2D eigenvalue weighted by atomic mass is 19.1. The lowest BCUT2D eigenvalue weighted by Crippen LogP contribution is -2.18. The van der Waals surface area contributed by atoms with Gasteiger partial charge in [-0.05, 0) is 49.1 Å². The first-order valence-corrected chi connectivity index (χ1v) is 7.97. The Balaban J connectivity index is 1.95. The first kappa shape index (κ1) is 18.2. The summed E-state index contributed by atoms with van der Waals surface area (Å²) in [6.45, 7) is 4.28. The number of nitrogens with one attached hydrogen (secondary N) is 2. The van der Waals surface area contributed by atoms with Crippen LogP contribution in [0.25, 0.3) is 0 Å². The lowest BCUT2D eigenvalue weighted by Gasteiger charge is -2.10.